The van der Waals surface area contributed by atoms with Gasteiger partial charge in [-0.05, 0) is 63.7 Å². The average molecular weight is 883 g/mol. The molecule has 22 heteroatoms. The molecule has 10 atom stereocenters. The first kappa shape index (κ1) is 54.6. The van der Waals surface area contributed by atoms with Crippen LogP contribution in [0.25, 0.3) is 0 Å². The Morgan fingerprint density at radius 2 is 1.06 bits per heavy atom. The number of nitrogens with two attached hydrogens (primary N) is 2. The van der Waals surface area contributed by atoms with E-state index in [0.29, 0.717) is 6.42 Å². The van der Waals surface area contributed by atoms with Gasteiger partial charge >= 0.3 is 5.97 Å². The van der Waals surface area contributed by atoms with Crippen molar-refractivity contribution in [2.24, 2.45) is 35.1 Å². The Morgan fingerprint density at radius 1 is 0.597 bits per heavy atom. The van der Waals surface area contributed by atoms with Crippen LogP contribution in [0.5, 0.6) is 0 Å². The molecule has 13 N–H and O–H groups in total. The van der Waals surface area contributed by atoms with Gasteiger partial charge in [0.2, 0.25) is 53.2 Å². The second-order valence-corrected chi connectivity index (χ2v) is 17.4. The molecule has 0 bridgehead atoms. The van der Waals surface area contributed by atoms with Gasteiger partial charge in [0.15, 0.2) is 0 Å². The SMILES string of the molecule is CC(C)C[C@H](NC(=O)[C@@H](N)CC(N)=O)C(=O)N[C@H](C(=O)N1CCC[C@H]1C(=O)N[C@@H](C)C(=O)N[C@H](C(=O)N[C@@H](C)C(=O)N[C@H](C(=O)N[C@H](C(=O)O)C(C)C)[C@@H](C)O)C(C)C)C(C)C. The average Bonchev–Trinajstić information content (AvgIpc) is 3.65. The first-order valence-corrected chi connectivity index (χ1v) is 21.0. The first-order chi connectivity index (χ1) is 28.6. The van der Waals surface area contributed by atoms with Gasteiger partial charge in [0.25, 0.3) is 0 Å². The van der Waals surface area contributed by atoms with Gasteiger partial charge in [-0.25, -0.2) is 4.79 Å². The van der Waals surface area contributed by atoms with Crippen molar-refractivity contribution in [1.29, 1.82) is 0 Å². The normalized spacial score (nSPS) is 18.3. The molecule has 0 aliphatic carbocycles. The molecule has 0 spiro atoms. The van der Waals surface area contributed by atoms with Gasteiger partial charge in [-0.3, -0.25) is 43.2 Å². The van der Waals surface area contributed by atoms with Crippen LogP contribution in [0.2, 0.25) is 0 Å². The predicted molar refractivity (Wildman–Crippen MR) is 225 cm³/mol. The zero-order valence-corrected chi connectivity index (χ0v) is 37.7. The zero-order chi connectivity index (χ0) is 47.9. The second-order valence-electron chi connectivity index (χ2n) is 17.4. The maximum atomic E-state index is 14.0. The number of amides is 9. The third kappa shape index (κ3) is 16.8. The Bertz CT molecular complexity index is 1640. The lowest BCUT2D eigenvalue weighted by molar-refractivity contribution is -0.144. The van der Waals surface area contributed by atoms with Crippen LogP contribution in [-0.2, 0) is 47.9 Å². The largest absolute Gasteiger partial charge is 0.480 e. The van der Waals surface area contributed by atoms with Crippen molar-refractivity contribution in [3.8, 4) is 0 Å². The van der Waals surface area contributed by atoms with Crippen molar-refractivity contribution in [2.45, 2.75) is 162 Å². The Balaban J connectivity index is 3.03. The number of likely N-dealkylation sites (tertiary alicyclic amines) is 1. The summed E-state index contributed by atoms with van der Waals surface area (Å²) in [7, 11) is 0. The van der Waals surface area contributed by atoms with Crippen LogP contribution < -0.4 is 48.7 Å². The van der Waals surface area contributed by atoms with E-state index >= 15 is 0 Å². The van der Waals surface area contributed by atoms with E-state index in [1.54, 1.807) is 41.5 Å². The molecule has 1 rings (SSSR count). The summed E-state index contributed by atoms with van der Waals surface area (Å²) in [6.45, 7) is 17.5. The number of aliphatic hydroxyl groups excluding tert-OH is 1. The van der Waals surface area contributed by atoms with Gasteiger partial charge in [0.05, 0.1) is 18.6 Å². The maximum absolute atomic E-state index is 14.0. The number of hydrogen-bond acceptors (Lipinski definition) is 12. The van der Waals surface area contributed by atoms with Crippen LogP contribution in [0.4, 0.5) is 0 Å². The van der Waals surface area contributed by atoms with E-state index in [-0.39, 0.29) is 25.3 Å². The summed E-state index contributed by atoms with van der Waals surface area (Å²) in [5.41, 5.74) is 10.9. The van der Waals surface area contributed by atoms with Crippen LogP contribution >= 0.6 is 0 Å². The van der Waals surface area contributed by atoms with E-state index < -0.39 is 144 Å². The summed E-state index contributed by atoms with van der Waals surface area (Å²) in [4.78, 5) is 131. The van der Waals surface area contributed by atoms with Crippen molar-refractivity contribution in [3.63, 3.8) is 0 Å². The summed E-state index contributed by atoms with van der Waals surface area (Å²) in [6, 6.07) is -11.1. The third-order valence-corrected chi connectivity index (χ3v) is 10.2. The number of carbonyl (C=O) groups is 10. The first-order valence-electron chi connectivity index (χ1n) is 21.0. The zero-order valence-electron chi connectivity index (χ0n) is 37.7. The lowest BCUT2D eigenvalue weighted by atomic mass is 9.99. The summed E-state index contributed by atoms with van der Waals surface area (Å²) in [5, 5.41) is 37.1. The number of carboxylic acids is 1. The number of aliphatic carboxylic acids is 1. The third-order valence-electron chi connectivity index (χ3n) is 10.2. The molecular weight excluding hydrogens is 812 g/mol. The fourth-order valence-electron chi connectivity index (χ4n) is 6.54. The lowest BCUT2D eigenvalue weighted by Gasteiger charge is -2.32. The molecule has 1 aliphatic rings. The van der Waals surface area contributed by atoms with Gasteiger partial charge < -0.3 is 63.8 Å². The molecule has 352 valence electrons. The van der Waals surface area contributed by atoms with Crippen LogP contribution in [0.1, 0.15) is 102 Å². The van der Waals surface area contributed by atoms with E-state index in [1.807, 2.05) is 13.8 Å². The molecule has 22 nitrogen and oxygen atoms in total. The molecule has 9 amide bonds. The molecule has 0 aromatic heterocycles. The molecule has 62 heavy (non-hydrogen) atoms. The minimum absolute atomic E-state index is 0.0689. The van der Waals surface area contributed by atoms with Gasteiger partial charge in [-0.15, -0.1) is 0 Å². The lowest BCUT2D eigenvalue weighted by Crippen LogP contribution is -2.61. The molecule has 0 aromatic rings. The molecule has 0 radical (unpaired) electrons. The second kappa shape index (κ2) is 24.9. The number of nitrogens with one attached hydrogen (secondary N) is 7. The minimum atomic E-state index is -1.56. The number of nitrogens with zero attached hydrogens (tertiary/aromatic N) is 1. The summed E-state index contributed by atoms with van der Waals surface area (Å²) >= 11 is 0. The van der Waals surface area contributed by atoms with Crippen LogP contribution in [0.3, 0.4) is 0 Å². The van der Waals surface area contributed by atoms with Gasteiger partial charge in [-0.1, -0.05) is 55.4 Å². The van der Waals surface area contributed by atoms with Crippen molar-refractivity contribution in [1.82, 2.24) is 42.1 Å². The summed E-state index contributed by atoms with van der Waals surface area (Å²) in [6.07, 6.45) is -0.997. The number of primary amides is 1. The van der Waals surface area contributed by atoms with Crippen LogP contribution in [0.15, 0.2) is 0 Å². The van der Waals surface area contributed by atoms with E-state index in [4.69, 9.17) is 11.5 Å². The topological polar surface area (TPSA) is 351 Å². The fraction of sp³-hybridized carbons (Fsp3) is 0.750. The number of rotatable bonds is 24. The van der Waals surface area contributed by atoms with Crippen LogP contribution in [-0.4, -0.2) is 141 Å². The number of hydrogen-bond donors (Lipinski definition) is 11. The fourth-order valence-corrected chi connectivity index (χ4v) is 6.54. The van der Waals surface area contributed by atoms with E-state index in [2.05, 4.69) is 37.2 Å². The molecule has 1 saturated heterocycles. The Morgan fingerprint density at radius 3 is 1.53 bits per heavy atom. The molecule has 0 saturated carbocycles. The molecule has 0 aromatic carbocycles. The number of aliphatic hydroxyl groups is 1. The monoisotopic (exact) mass is 883 g/mol. The molecule has 1 fully saturated rings. The minimum Gasteiger partial charge on any atom is -0.480 e. The van der Waals surface area contributed by atoms with Gasteiger partial charge in [0, 0.05) is 6.54 Å². The molecule has 1 aliphatic heterocycles. The highest BCUT2D eigenvalue weighted by Gasteiger charge is 2.41. The quantitative estimate of drug-likeness (QED) is 0.0464. The van der Waals surface area contributed by atoms with E-state index in [9.17, 15) is 58.2 Å². The standard InChI is InChI=1S/C40H70N10O12/c1-17(2)15-25(45-34(55)24(41)16-27(42)52)35(56)47-29(19(5)6)39(60)50-14-12-13-26(50)36(57)43-21(9)32(53)46-28(18(3)4)37(58)44-22(10)33(54)49-31(23(11)51)38(59)48-30(20(7)8)40(61)62/h17-26,28-31,51H,12-16,41H2,1-11H3,(H2,42,52)(H,43,57)(H,44,58)(H,45,55)(H,46,53)(H,47,56)(H,48,59)(H,49,54)(H,61,62)/t21-,22-,23+,24-,25-,26-,28-,29-,30-,31-/m0/s1. The molecular formula is C40H70N10O12. The molecule has 1 heterocycles. The highest BCUT2D eigenvalue weighted by molar-refractivity contribution is 5.98. The Kier molecular flexibility index (Phi) is 22.0. The van der Waals surface area contributed by atoms with Crippen molar-refractivity contribution >= 4 is 59.1 Å². The van der Waals surface area contributed by atoms with E-state index in [1.165, 1.54) is 25.7 Å². The van der Waals surface area contributed by atoms with E-state index in [0.717, 1.165) is 0 Å². The van der Waals surface area contributed by atoms with Crippen molar-refractivity contribution in [3.05, 3.63) is 0 Å². The summed E-state index contributed by atoms with van der Waals surface area (Å²) < 4.78 is 0. The van der Waals surface area contributed by atoms with Gasteiger partial charge in [-0.2, -0.15) is 0 Å². The summed E-state index contributed by atoms with van der Waals surface area (Å²) in [5.74, 6) is -9.69. The van der Waals surface area contributed by atoms with Crippen molar-refractivity contribution in [2.75, 3.05) is 6.54 Å². The Labute approximate surface area is 362 Å². The van der Waals surface area contributed by atoms with Crippen molar-refractivity contribution < 1.29 is 58.2 Å². The highest BCUT2D eigenvalue weighted by atomic mass is 16.4. The number of carboxylic acid groups (broad SMARTS) is 1. The number of carbonyl (C=O) groups excluding carboxylic acids is 9. The predicted octanol–water partition coefficient (Wildman–Crippen LogP) is -2.91. The Hall–Kier alpha value is -5.38. The molecule has 0 unspecified atom stereocenters. The smallest absolute Gasteiger partial charge is 0.326 e. The van der Waals surface area contributed by atoms with Crippen LogP contribution in [0, 0.1) is 23.7 Å². The highest BCUT2D eigenvalue weighted by Crippen LogP contribution is 2.21. The van der Waals surface area contributed by atoms with Gasteiger partial charge in [0.1, 0.15) is 48.3 Å². The maximum Gasteiger partial charge on any atom is 0.326 e.